The van der Waals surface area contributed by atoms with E-state index in [1.807, 2.05) is 0 Å². The topological polar surface area (TPSA) is 25.8 Å². The molecular weight excluding hydrogens is 519 g/mol. The van der Waals surface area contributed by atoms with Gasteiger partial charge in [-0.1, -0.05) is 34.8 Å². The van der Waals surface area contributed by atoms with Crippen LogP contribution in [-0.4, -0.2) is 9.97 Å². The molecule has 0 saturated carbocycles. The molecule has 2 nitrogen and oxygen atoms in total. The third-order valence-electron chi connectivity index (χ3n) is 2.25. The summed E-state index contributed by atoms with van der Waals surface area (Å²) in [5.41, 5.74) is -1.88. The molecule has 0 radical (unpaired) electrons. The molecule has 0 N–H and O–H groups in total. The van der Waals surface area contributed by atoms with Crippen LogP contribution in [-0.2, 0) is 12.4 Å². The first kappa shape index (κ1) is 21.5. The molecule has 12 heteroatoms. The van der Waals surface area contributed by atoms with Gasteiger partial charge in [0.1, 0.15) is 8.85 Å². The average molecular weight is 523 g/mol. The maximum Gasteiger partial charge on any atom is 0.419 e. The molecule has 0 aliphatic carbocycles. The lowest BCUT2D eigenvalue weighted by atomic mass is 10.3. The van der Waals surface area contributed by atoms with E-state index < -0.39 is 28.5 Å². The third kappa shape index (κ3) is 6.41. The molecule has 0 fully saturated rings. The fourth-order valence-electron chi connectivity index (χ4n) is 1.23. The van der Waals surface area contributed by atoms with Crippen LogP contribution in [0.25, 0.3) is 0 Å². The van der Waals surface area contributed by atoms with E-state index in [4.69, 9.17) is 34.8 Å². The summed E-state index contributed by atoms with van der Waals surface area (Å²) in [5.74, 6) is 0. The molecule has 0 amide bonds. The fraction of sp³-hybridized carbons (Fsp3) is 0.167. The van der Waals surface area contributed by atoms with Crippen molar-refractivity contribution in [1.82, 2.24) is 9.97 Å². The maximum atomic E-state index is 12.1. The largest absolute Gasteiger partial charge is 0.419 e. The molecule has 0 aliphatic heterocycles. The van der Waals surface area contributed by atoms with Crippen LogP contribution < -0.4 is 0 Å². The minimum absolute atomic E-state index is 0.0620. The average Bonchev–Trinajstić information content (AvgIpc) is 2.35. The molecule has 2 aromatic heterocycles. The summed E-state index contributed by atoms with van der Waals surface area (Å²) in [6.45, 7) is 0. The van der Waals surface area contributed by atoms with Crippen LogP contribution in [0.3, 0.4) is 0 Å². The van der Waals surface area contributed by atoms with Crippen LogP contribution in [0.4, 0.5) is 26.3 Å². The Hall–Kier alpha value is -0.520. The summed E-state index contributed by atoms with van der Waals surface area (Å²) in [5, 5.41) is -0.822. The van der Waals surface area contributed by atoms with E-state index in [0.29, 0.717) is 9.90 Å². The Balaban J connectivity index is 0.000000240. The van der Waals surface area contributed by atoms with Gasteiger partial charge in [-0.3, -0.25) is 0 Å². The SMILES string of the molecule is FC(F)(F)c1cnc(Cl)cc1Cl.FC(F)(F)c1cnc(I)cc1Cl. The first-order chi connectivity index (χ1) is 10.8. The summed E-state index contributed by atoms with van der Waals surface area (Å²) in [4.78, 5) is 6.76. The zero-order valence-corrected chi connectivity index (χ0v) is 15.4. The van der Waals surface area contributed by atoms with Crippen LogP contribution >= 0.6 is 57.4 Å². The lowest BCUT2D eigenvalue weighted by Gasteiger charge is -2.07. The minimum Gasteiger partial charge on any atom is -0.250 e. The van der Waals surface area contributed by atoms with Gasteiger partial charge in [-0.05, 0) is 34.7 Å². The van der Waals surface area contributed by atoms with E-state index in [-0.39, 0.29) is 10.2 Å². The Bertz CT molecular complexity index is 659. The van der Waals surface area contributed by atoms with Crippen molar-refractivity contribution < 1.29 is 26.3 Å². The quantitative estimate of drug-likeness (QED) is 0.217. The highest BCUT2D eigenvalue weighted by atomic mass is 127. The molecule has 0 aliphatic rings. The van der Waals surface area contributed by atoms with Crippen LogP contribution in [0.15, 0.2) is 24.5 Å². The summed E-state index contributed by atoms with van der Waals surface area (Å²) < 4.78 is 72.6. The van der Waals surface area contributed by atoms with Gasteiger partial charge in [0.05, 0.1) is 21.2 Å². The van der Waals surface area contributed by atoms with Crippen molar-refractivity contribution >= 4 is 57.4 Å². The first-order valence-corrected chi connectivity index (χ1v) is 7.80. The Morgan fingerprint density at radius 3 is 1.54 bits per heavy atom. The van der Waals surface area contributed by atoms with Crippen molar-refractivity contribution in [2.24, 2.45) is 0 Å². The highest BCUT2D eigenvalue weighted by Crippen LogP contribution is 2.35. The molecule has 2 heterocycles. The smallest absolute Gasteiger partial charge is 0.250 e. The van der Waals surface area contributed by atoms with E-state index in [2.05, 4.69) is 9.97 Å². The molecule has 24 heavy (non-hydrogen) atoms. The Labute approximate surface area is 160 Å². The number of pyridine rings is 2. The summed E-state index contributed by atoms with van der Waals surface area (Å²) in [6, 6.07) is 2.12. The normalized spacial score (nSPS) is 11.8. The molecule has 2 rings (SSSR count). The number of hydrogen-bond acceptors (Lipinski definition) is 2. The van der Waals surface area contributed by atoms with Gasteiger partial charge >= 0.3 is 12.4 Å². The molecule has 0 aromatic carbocycles. The van der Waals surface area contributed by atoms with Gasteiger partial charge in [0.2, 0.25) is 0 Å². The standard InChI is InChI=1S/C6H2Cl2F3N.C6H2ClF3IN/c7-4-1-5(8)12-2-3(4)6(9,10)11;7-4-1-5(11)12-2-3(4)6(8,9)10/h2*1-2H. The second-order valence-corrected chi connectivity index (χ2v) is 6.28. The van der Waals surface area contributed by atoms with E-state index >= 15 is 0 Å². The van der Waals surface area contributed by atoms with Crippen molar-refractivity contribution in [1.29, 1.82) is 0 Å². The lowest BCUT2D eigenvalue weighted by molar-refractivity contribution is -0.138. The van der Waals surface area contributed by atoms with Gasteiger partial charge in [0.25, 0.3) is 0 Å². The second kappa shape index (κ2) is 8.24. The van der Waals surface area contributed by atoms with E-state index in [1.54, 1.807) is 22.6 Å². The maximum absolute atomic E-state index is 12.1. The number of nitrogens with zero attached hydrogens (tertiary/aromatic N) is 2. The van der Waals surface area contributed by atoms with Crippen molar-refractivity contribution in [2.75, 3.05) is 0 Å². The van der Waals surface area contributed by atoms with Gasteiger partial charge in [0, 0.05) is 12.4 Å². The number of aromatic nitrogens is 2. The van der Waals surface area contributed by atoms with Crippen LogP contribution in [0.5, 0.6) is 0 Å². The third-order valence-corrected chi connectivity index (χ3v) is 3.67. The summed E-state index contributed by atoms with van der Waals surface area (Å²) >= 11 is 17.7. The first-order valence-electron chi connectivity index (χ1n) is 5.59. The van der Waals surface area contributed by atoms with Crippen LogP contribution in [0, 0.1) is 3.70 Å². The minimum atomic E-state index is -4.48. The predicted octanol–water partition coefficient (Wildman–Crippen LogP) is 6.77. The molecule has 0 atom stereocenters. The van der Waals surface area contributed by atoms with Crippen molar-refractivity contribution in [3.05, 3.63) is 54.6 Å². The van der Waals surface area contributed by atoms with Gasteiger partial charge in [0.15, 0.2) is 0 Å². The van der Waals surface area contributed by atoms with Crippen molar-refractivity contribution in [2.45, 2.75) is 12.4 Å². The molecule has 0 bridgehead atoms. The monoisotopic (exact) mass is 522 g/mol. The number of hydrogen-bond donors (Lipinski definition) is 0. The molecule has 132 valence electrons. The predicted molar refractivity (Wildman–Crippen MR) is 86.2 cm³/mol. The highest BCUT2D eigenvalue weighted by molar-refractivity contribution is 14.1. The van der Waals surface area contributed by atoms with Gasteiger partial charge in [-0.25, -0.2) is 9.97 Å². The zero-order valence-electron chi connectivity index (χ0n) is 11.0. The zero-order chi connectivity index (χ0) is 18.7. The summed E-state index contributed by atoms with van der Waals surface area (Å²) in [7, 11) is 0. The molecule has 2 aromatic rings. The van der Waals surface area contributed by atoms with Crippen molar-refractivity contribution in [3.8, 4) is 0 Å². The molecule has 0 unspecified atom stereocenters. The Kier molecular flexibility index (Phi) is 7.39. The van der Waals surface area contributed by atoms with E-state index in [1.165, 1.54) is 6.07 Å². The number of rotatable bonds is 0. The van der Waals surface area contributed by atoms with Gasteiger partial charge in [-0.2, -0.15) is 26.3 Å². The van der Waals surface area contributed by atoms with Gasteiger partial charge in [-0.15, -0.1) is 0 Å². The van der Waals surface area contributed by atoms with E-state index in [0.717, 1.165) is 12.3 Å². The van der Waals surface area contributed by atoms with Crippen molar-refractivity contribution in [3.63, 3.8) is 0 Å². The molecule has 0 saturated heterocycles. The molecule has 0 spiro atoms. The number of halogens is 10. The number of alkyl halides is 6. The highest BCUT2D eigenvalue weighted by Gasteiger charge is 2.34. The van der Waals surface area contributed by atoms with Crippen LogP contribution in [0.1, 0.15) is 11.1 Å². The lowest BCUT2D eigenvalue weighted by Crippen LogP contribution is -2.06. The van der Waals surface area contributed by atoms with Gasteiger partial charge < -0.3 is 0 Å². The van der Waals surface area contributed by atoms with E-state index in [9.17, 15) is 26.3 Å². The molecular formula is C12H4Cl3F6IN2. The van der Waals surface area contributed by atoms with Crippen LogP contribution in [0.2, 0.25) is 15.2 Å². The fourth-order valence-corrected chi connectivity index (χ4v) is 2.60. The second-order valence-electron chi connectivity index (χ2n) is 3.97. The summed E-state index contributed by atoms with van der Waals surface area (Å²) in [6.07, 6.45) is -7.57. The Morgan fingerprint density at radius 2 is 1.17 bits per heavy atom. The Morgan fingerprint density at radius 1 is 0.750 bits per heavy atom.